The molecular formula is C17H19N5S2. The van der Waals surface area contributed by atoms with E-state index in [0.717, 1.165) is 17.0 Å². The Balaban J connectivity index is 1.80. The van der Waals surface area contributed by atoms with Crippen LogP contribution < -0.4 is 0 Å². The molecule has 0 aromatic carbocycles. The van der Waals surface area contributed by atoms with Crippen LogP contribution in [0.5, 0.6) is 0 Å². The highest BCUT2D eigenvalue weighted by molar-refractivity contribution is 8.03. The highest BCUT2D eigenvalue weighted by Crippen LogP contribution is 2.44. The minimum atomic E-state index is -0.302. The summed E-state index contributed by atoms with van der Waals surface area (Å²) in [4.78, 5) is 9.52. The number of thioether (sulfide) groups is 1. The van der Waals surface area contributed by atoms with Gasteiger partial charge in [-0.1, -0.05) is 19.1 Å². The van der Waals surface area contributed by atoms with Gasteiger partial charge in [-0.05, 0) is 25.3 Å². The minimum absolute atomic E-state index is 0.302. The zero-order valence-electron chi connectivity index (χ0n) is 13.8. The molecule has 0 amide bonds. The van der Waals surface area contributed by atoms with E-state index in [-0.39, 0.29) is 4.75 Å². The lowest BCUT2D eigenvalue weighted by Crippen LogP contribution is -2.15. The molecule has 2 aliphatic rings. The first-order chi connectivity index (χ1) is 11.4. The van der Waals surface area contributed by atoms with Crippen LogP contribution in [0.25, 0.3) is 5.70 Å². The maximum atomic E-state index is 9.45. The lowest BCUT2D eigenvalue weighted by molar-refractivity contribution is 0.698. The predicted octanol–water partition coefficient (Wildman–Crippen LogP) is 3.71. The average molecular weight is 358 g/mol. The number of aromatic nitrogens is 3. The first-order valence-corrected chi connectivity index (χ1v) is 9.06. The van der Waals surface area contributed by atoms with Crippen LogP contribution in [-0.4, -0.2) is 31.0 Å². The zero-order chi connectivity index (χ0) is 17.3. The van der Waals surface area contributed by atoms with Crippen LogP contribution in [0.3, 0.4) is 0 Å². The molecular weight excluding hydrogens is 338 g/mol. The molecule has 1 aromatic heterocycles. The van der Waals surface area contributed by atoms with Gasteiger partial charge in [-0.25, -0.2) is 9.67 Å². The summed E-state index contributed by atoms with van der Waals surface area (Å²) in [7, 11) is 0. The molecule has 24 heavy (non-hydrogen) atoms. The van der Waals surface area contributed by atoms with Crippen LogP contribution >= 0.6 is 24.4 Å². The lowest BCUT2D eigenvalue weighted by atomic mass is 10.0. The molecule has 124 valence electrons. The molecule has 1 aromatic rings. The van der Waals surface area contributed by atoms with Crippen molar-refractivity contribution in [2.45, 2.75) is 37.2 Å². The van der Waals surface area contributed by atoms with Gasteiger partial charge in [-0.3, -0.25) is 4.99 Å². The molecule has 2 heterocycles. The van der Waals surface area contributed by atoms with Crippen molar-refractivity contribution in [3.8, 4) is 6.07 Å². The second kappa shape index (κ2) is 6.61. The normalized spacial score (nSPS) is 30.0. The summed E-state index contributed by atoms with van der Waals surface area (Å²) in [6.45, 7) is 6.21. The van der Waals surface area contributed by atoms with Crippen molar-refractivity contribution in [3.63, 3.8) is 0 Å². The van der Waals surface area contributed by atoms with Crippen molar-refractivity contribution in [3.05, 3.63) is 41.0 Å². The lowest BCUT2D eigenvalue weighted by Gasteiger charge is -2.18. The molecule has 3 atom stereocenters. The molecule has 0 saturated carbocycles. The molecule has 0 N–H and O–H groups in total. The summed E-state index contributed by atoms with van der Waals surface area (Å²) in [5, 5.41) is 13.9. The smallest absolute Gasteiger partial charge is 0.153 e. The quantitative estimate of drug-likeness (QED) is 0.661. The van der Waals surface area contributed by atoms with E-state index in [9.17, 15) is 5.26 Å². The van der Waals surface area contributed by atoms with E-state index in [1.807, 2.05) is 20.1 Å². The van der Waals surface area contributed by atoms with E-state index in [1.165, 1.54) is 16.6 Å². The number of thiol groups is 1. The summed E-state index contributed by atoms with van der Waals surface area (Å²) < 4.78 is 1.22. The molecule has 3 unspecified atom stereocenters. The summed E-state index contributed by atoms with van der Waals surface area (Å²) in [6.07, 6.45) is 10.0. The third-order valence-electron chi connectivity index (χ3n) is 4.27. The van der Waals surface area contributed by atoms with Crippen molar-refractivity contribution < 1.29 is 0 Å². The van der Waals surface area contributed by atoms with Gasteiger partial charge in [0.15, 0.2) is 5.70 Å². The van der Waals surface area contributed by atoms with Crippen LogP contribution in [0.15, 0.2) is 46.0 Å². The minimum Gasteiger partial charge on any atom is -0.264 e. The first kappa shape index (κ1) is 17.1. The van der Waals surface area contributed by atoms with Gasteiger partial charge in [0.05, 0.1) is 4.75 Å². The van der Waals surface area contributed by atoms with Crippen molar-refractivity contribution in [2.75, 3.05) is 0 Å². The van der Waals surface area contributed by atoms with E-state index in [1.54, 1.807) is 18.1 Å². The second-order valence-electron chi connectivity index (χ2n) is 6.23. The summed E-state index contributed by atoms with van der Waals surface area (Å²) in [6, 6.07) is 2.23. The number of nitriles is 1. The monoisotopic (exact) mass is 357 g/mol. The number of nitrogens with zero attached hydrogens (tertiary/aromatic N) is 5. The maximum absolute atomic E-state index is 9.45. The molecule has 7 heteroatoms. The first-order valence-electron chi connectivity index (χ1n) is 7.74. The van der Waals surface area contributed by atoms with E-state index >= 15 is 0 Å². The Morgan fingerprint density at radius 3 is 3.00 bits per heavy atom. The molecule has 0 bridgehead atoms. The van der Waals surface area contributed by atoms with Gasteiger partial charge < -0.3 is 0 Å². The van der Waals surface area contributed by atoms with Gasteiger partial charge in [0.1, 0.15) is 18.7 Å². The van der Waals surface area contributed by atoms with Crippen molar-refractivity contribution in [1.82, 2.24) is 14.8 Å². The molecule has 3 rings (SSSR count). The zero-order valence-corrected chi connectivity index (χ0v) is 15.6. The van der Waals surface area contributed by atoms with Crippen molar-refractivity contribution >= 4 is 36.3 Å². The molecule has 1 aliphatic carbocycles. The third-order valence-corrected chi connectivity index (χ3v) is 5.96. The fourth-order valence-electron chi connectivity index (χ4n) is 2.88. The number of rotatable bonds is 3. The second-order valence-corrected chi connectivity index (χ2v) is 8.64. The van der Waals surface area contributed by atoms with Gasteiger partial charge in [0.2, 0.25) is 0 Å². The fourth-order valence-corrected chi connectivity index (χ4v) is 4.30. The number of hydrogen-bond donors (Lipinski definition) is 1. The SMILES string of the molecule is C/C(SC1CC2=C(C=CC(C)(S)C=N2)C1C)=C(\C#N)n1cncn1. The molecule has 5 nitrogen and oxygen atoms in total. The van der Waals surface area contributed by atoms with Gasteiger partial charge in [0, 0.05) is 28.5 Å². The van der Waals surface area contributed by atoms with Gasteiger partial charge in [-0.2, -0.15) is 23.0 Å². The van der Waals surface area contributed by atoms with E-state index in [2.05, 4.69) is 52.8 Å². The Kier molecular flexibility index (Phi) is 4.70. The Morgan fingerprint density at radius 2 is 2.33 bits per heavy atom. The van der Waals surface area contributed by atoms with Crippen LogP contribution in [0.2, 0.25) is 0 Å². The molecule has 0 radical (unpaired) electrons. The number of aliphatic imine (C=N–C) groups is 1. The van der Waals surface area contributed by atoms with Gasteiger partial charge >= 0.3 is 0 Å². The Labute approximate surface area is 151 Å². The van der Waals surface area contributed by atoms with Crippen molar-refractivity contribution in [1.29, 1.82) is 5.26 Å². The predicted molar refractivity (Wildman–Crippen MR) is 102 cm³/mol. The molecule has 0 spiro atoms. The maximum Gasteiger partial charge on any atom is 0.153 e. The molecule has 0 fully saturated rings. The van der Waals surface area contributed by atoms with Crippen LogP contribution in [-0.2, 0) is 0 Å². The summed E-state index contributed by atoms with van der Waals surface area (Å²) in [5.74, 6) is 0.367. The van der Waals surface area contributed by atoms with E-state index < -0.39 is 0 Å². The van der Waals surface area contributed by atoms with Crippen LogP contribution in [0.4, 0.5) is 0 Å². The topological polar surface area (TPSA) is 66.9 Å². The largest absolute Gasteiger partial charge is 0.264 e. The molecule has 1 aliphatic heterocycles. The highest BCUT2D eigenvalue weighted by atomic mass is 32.2. The number of hydrogen-bond acceptors (Lipinski definition) is 6. The van der Waals surface area contributed by atoms with E-state index in [0.29, 0.717) is 16.9 Å². The Bertz CT molecular complexity index is 793. The summed E-state index contributed by atoms with van der Waals surface area (Å²) >= 11 is 6.30. The van der Waals surface area contributed by atoms with Crippen LogP contribution in [0, 0.1) is 17.2 Å². The van der Waals surface area contributed by atoms with Gasteiger partial charge in [0.25, 0.3) is 0 Å². The third kappa shape index (κ3) is 3.35. The average Bonchev–Trinajstić information content (AvgIpc) is 3.11. The van der Waals surface area contributed by atoms with Crippen molar-refractivity contribution in [2.24, 2.45) is 10.9 Å². The number of allylic oxidation sites excluding steroid dienone is 5. The summed E-state index contributed by atoms with van der Waals surface area (Å²) in [5.41, 5.74) is 2.92. The highest BCUT2D eigenvalue weighted by Gasteiger charge is 2.33. The van der Waals surface area contributed by atoms with E-state index in [4.69, 9.17) is 0 Å². The molecule has 0 saturated heterocycles. The Hall–Kier alpha value is -1.78. The van der Waals surface area contributed by atoms with Crippen LogP contribution in [0.1, 0.15) is 27.2 Å². The fraction of sp³-hybridized carbons (Fsp3) is 0.412. The standard InChI is InChI=1S/C17H19N5S2/c1-11-13-4-5-17(3,23)8-20-14(13)6-16(11)24-12(2)15(7-18)22-10-19-9-21-22/h4-5,8-11,16,23H,6H2,1-3H3/b15-12-. The Morgan fingerprint density at radius 1 is 1.54 bits per heavy atom. The van der Waals surface area contributed by atoms with Gasteiger partial charge in [-0.15, -0.1) is 11.8 Å².